The van der Waals surface area contributed by atoms with Crippen LogP contribution in [0, 0.1) is 20.8 Å². The Bertz CT molecular complexity index is 1070. The summed E-state index contributed by atoms with van der Waals surface area (Å²) in [5.74, 6) is 1.02. The quantitative estimate of drug-likeness (QED) is 0.350. The normalized spacial score (nSPS) is 11.9. The fraction of sp³-hybridized carbons (Fsp3) is 0.231. The van der Waals surface area contributed by atoms with Gasteiger partial charge in [0.1, 0.15) is 18.1 Å². The number of ether oxygens (including phenoxy) is 2. The van der Waals surface area contributed by atoms with Crippen molar-refractivity contribution in [3.8, 4) is 11.5 Å². The Hall–Kier alpha value is -3.31. The van der Waals surface area contributed by atoms with Crippen LogP contribution in [0.2, 0.25) is 5.02 Å². The Kier molecular flexibility index (Phi) is 7.90. The first kappa shape index (κ1) is 23.4. The molecule has 0 saturated carbocycles. The largest absolute Gasteiger partial charge is 0.489 e. The number of nitrogens with one attached hydrogen (secondary N) is 1. The highest BCUT2D eigenvalue weighted by molar-refractivity contribution is 6.32. The molecular weight excluding hydrogens is 424 g/mol. The lowest BCUT2D eigenvalue weighted by Gasteiger charge is -2.15. The van der Waals surface area contributed by atoms with E-state index in [1.54, 1.807) is 13.1 Å². The minimum absolute atomic E-state index is 0.343. The first-order valence-electron chi connectivity index (χ1n) is 10.4. The molecule has 0 fully saturated rings. The molecule has 1 unspecified atom stereocenters. The molecule has 0 radical (unpaired) electrons. The summed E-state index contributed by atoms with van der Waals surface area (Å²) in [7, 11) is 0. The molecule has 5 nitrogen and oxygen atoms in total. The van der Waals surface area contributed by atoms with Crippen molar-refractivity contribution in [1.29, 1.82) is 0 Å². The zero-order chi connectivity index (χ0) is 23.1. The van der Waals surface area contributed by atoms with E-state index < -0.39 is 6.10 Å². The van der Waals surface area contributed by atoms with Crippen LogP contribution in [0.3, 0.4) is 0 Å². The van der Waals surface area contributed by atoms with Gasteiger partial charge in [0.15, 0.2) is 6.10 Å². The van der Waals surface area contributed by atoms with Crippen LogP contribution in [0.5, 0.6) is 11.5 Å². The van der Waals surface area contributed by atoms with E-state index in [4.69, 9.17) is 21.1 Å². The molecule has 0 bridgehead atoms. The zero-order valence-corrected chi connectivity index (χ0v) is 19.4. The van der Waals surface area contributed by atoms with Gasteiger partial charge in [0.2, 0.25) is 0 Å². The fourth-order valence-electron chi connectivity index (χ4n) is 2.99. The molecule has 0 aliphatic heterocycles. The van der Waals surface area contributed by atoms with Crippen molar-refractivity contribution < 1.29 is 14.3 Å². The number of halogens is 1. The number of nitrogens with zero attached hydrogens (tertiary/aromatic N) is 1. The molecule has 0 aliphatic rings. The summed E-state index contributed by atoms with van der Waals surface area (Å²) in [4.78, 5) is 12.3. The molecule has 3 aromatic rings. The third-order valence-corrected chi connectivity index (χ3v) is 5.48. The number of aryl methyl sites for hydroxylation is 3. The number of hydrogen-bond acceptors (Lipinski definition) is 4. The third-order valence-electron chi connectivity index (χ3n) is 4.89. The summed E-state index contributed by atoms with van der Waals surface area (Å²) in [5.41, 5.74) is 7.48. The summed E-state index contributed by atoms with van der Waals surface area (Å²) in [5, 5.41) is 4.72. The second kappa shape index (κ2) is 10.8. The molecule has 1 N–H and O–H groups in total. The van der Waals surface area contributed by atoms with Gasteiger partial charge in [-0.2, -0.15) is 5.10 Å². The molecule has 0 heterocycles. The van der Waals surface area contributed by atoms with Gasteiger partial charge in [-0.15, -0.1) is 0 Å². The van der Waals surface area contributed by atoms with E-state index in [1.807, 2.05) is 50.2 Å². The maximum absolute atomic E-state index is 12.3. The van der Waals surface area contributed by atoms with Gasteiger partial charge < -0.3 is 9.47 Å². The summed E-state index contributed by atoms with van der Waals surface area (Å²) >= 11 is 6.17. The maximum atomic E-state index is 12.3. The van der Waals surface area contributed by atoms with Crippen molar-refractivity contribution in [3.63, 3.8) is 0 Å². The molecule has 32 heavy (non-hydrogen) atoms. The molecule has 166 valence electrons. The van der Waals surface area contributed by atoms with Gasteiger partial charge in [0.25, 0.3) is 5.91 Å². The average Bonchev–Trinajstić information content (AvgIpc) is 2.77. The smallest absolute Gasteiger partial charge is 0.280 e. The summed E-state index contributed by atoms with van der Waals surface area (Å²) in [6.07, 6.45) is 0.870. The SMILES string of the molecule is Cc1ccc(COc2ccc(/C=N/NC(=O)C(C)Oc3cc(C)c(Cl)c(C)c3)cc2)cc1. The number of rotatable bonds is 8. The fourth-order valence-corrected chi connectivity index (χ4v) is 3.10. The van der Waals surface area contributed by atoms with Crippen LogP contribution in [-0.4, -0.2) is 18.2 Å². The van der Waals surface area contributed by atoms with Crippen molar-refractivity contribution in [2.75, 3.05) is 0 Å². The molecular formula is C26H27ClN2O3. The minimum atomic E-state index is -0.704. The molecule has 1 amide bonds. The Morgan fingerprint density at radius 2 is 1.62 bits per heavy atom. The van der Waals surface area contributed by atoms with E-state index in [1.165, 1.54) is 5.56 Å². The second-order valence-electron chi connectivity index (χ2n) is 7.71. The zero-order valence-electron chi connectivity index (χ0n) is 18.7. The summed E-state index contributed by atoms with van der Waals surface area (Å²) in [6, 6.07) is 19.3. The van der Waals surface area contributed by atoms with E-state index in [9.17, 15) is 4.79 Å². The van der Waals surface area contributed by atoms with Crippen molar-refractivity contribution in [3.05, 3.63) is 93.5 Å². The van der Waals surface area contributed by atoms with Crippen molar-refractivity contribution in [1.82, 2.24) is 5.43 Å². The number of amides is 1. The Morgan fingerprint density at radius 3 is 2.25 bits per heavy atom. The van der Waals surface area contributed by atoms with Gasteiger partial charge >= 0.3 is 0 Å². The van der Waals surface area contributed by atoms with Crippen LogP contribution in [0.1, 0.15) is 34.7 Å². The highest BCUT2D eigenvalue weighted by Crippen LogP contribution is 2.26. The predicted molar refractivity (Wildman–Crippen MR) is 129 cm³/mol. The number of carbonyl (C=O) groups is 1. The van der Waals surface area contributed by atoms with Gasteiger partial charge in [0, 0.05) is 5.02 Å². The number of hydrogen-bond donors (Lipinski definition) is 1. The Labute approximate surface area is 194 Å². The predicted octanol–water partition coefficient (Wildman–Crippen LogP) is 5.76. The first-order chi connectivity index (χ1) is 15.3. The van der Waals surface area contributed by atoms with Gasteiger partial charge in [-0.05, 0) is 86.3 Å². The van der Waals surface area contributed by atoms with Gasteiger partial charge in [-0.25, -0.2) is 5.43 Å². The molecule has 3 rings (SSSR count). The molecule has 1 atom stereocenters. The van der Waals surface area contributed by atoms with E-state index in [-0.39, 0.29) is 5.91 Å². The standard InChI is InChI=1S/C26H27ClN2O3/c1-17-5-7-22(8-6-17)16-31-23-11-9-21(10-12-23)15-28-29-26(30)20(4)32-24-13-18(2)25(27)19(3)14-24/h5-15,20H,16H2,1-4H3,(H,29,30)/b28-15+. The lowest BCUT2D eigenvalue weighted by molar-refractivity contribution is -0.127. The first-order valence-corrected chi connectivity index (χ1v) is 10.7. The minimum Gasteiger partial charge on any atom is -0.489 e. The highest BCUT2D eigenvalue weighted by Gasteiger charge is 2.15. The second-order valence-corrected chi connectivity index (χ2v) is 8.09. The molecule has 0 spiro atoms. The number of hydrazone groups is 1. The highest BCUT2D eigenvalue weighted by atomic mass is 35.5. The monoisotopic (exact) mass is 450 g/mol. The van der Waals surface area contributed by atoms with E-state index in [2.05, 4.69) is 41.7 Å². The van der Waals surface area contributed by atoms with Crippen molar-refractivity contribution in [2.45, 2.75) is 40.4 Å². The third kappa shape index (κ3) is 6.59. The van der Waals surface area contributed by atoms with E-state index in [0.29, 0.717) is 17.4 Å². The maximum Gasteiger partial charge on any atom is 0.280 e. The molecule has 0 saturated heterocycles. The average molecular weight is 451 g/mol. The van der Waals surface area contributed by atoms with Gasteiger partial charge in [-0.1, -0.05) is 41.4 Å². The Morgan fingerprint density at radius 1 is 1.00 bits per heavy atom. The van der Waals surface area contributed by atoms with Crippen molar-refractivity contribution >= 4 is 23.7 Å². The lowest BCUT2D eigenvalue weighted by Crippen LogP contribution is -2.33. The van der Waals surface area contributed by atoms with E-state index in [0.717, 1.165) is 28.0 Å². The molecule has 0 aliphatic carbocycles. The van der Waals surface area contributed by atoms with Crippen LogP contribution in [0.15, 0.2) is 65.8 Å². The van der Waals surface area contributed by atoms with Crippen LogP contribution in [0.25, 0.3) is 0 Å². The van der Waals surface area contributed by atoms with Gasteiger partial charge in [-0.3, -0.25) is 4.79 Å². The van der Waals surface area contributed by atoms with Crippen LogP contribution >= 0.6 is 11.6 Å². The van der Waals surface area contributed by atoms with Crippen LogP contribution in [0.4, 0.5) is 0 Å². The Balaban J connectivity index is 1.48. The topological polar surface area (TPSA) is 59.9 Å². The van der Waals surface area contributed by atoms with Crippen LogP contribution < -0.4 is 14.9 Å². The molecule has 0 aromatic heterocycles. The molecule has 3 aromatic carbocycles. The van der Waals surface area contributed by atoms with Gasteiger partial charge in [0.05, 0.1) is 6.21 Å². The summed E-state index contributed by atoms with van der Waals surface area (Å²) < 4.78 is 11.5. The van der Waals surface area contributed by atoms with Crippen molar-refractivity contribution in [2.24, 2.45) is 5.10 Å². The van der Waals surface area contributed by atoms with E-state index >= 15 is 0 Å². The van der Waals surface area contributed by atoms with Crippen LogP contribution in [-0.2, 0) is 11.4 Å². The summed E-state index contributed by atoms with van der Waals surface area (Å²) in [6.45, 7) is 8.03. The number of carbonyl (C=O) groups excluding carboxylic acids is 1. The lowest BCUT2D eigenvalue weighted by atomic mass is 10.1. The number of benzene rings is 3. The molecule has 6 heteroatoms.